The molecular formula is C13H16BrO4P. The third kappa shape index (κ3) is 3.77. The van der Waals surface area contributed by atoms with E-state index in [0.717, 1.165) is 19.1 Å². The number of ether oxygens (including phenoxy) is 1. The first-order chi connectivity index (χ1) is 9.06. The van der Waals surface area contributed by atoms with Crippen LogP contribution >= 0.6 is 25.4 Å². The third-order valence-electron chi connectivity index (χ3n) is 2.68. The molecule has 6 heteroatoms. The van der Waals surface area contributed by atoms with Gasteiger partial charge in [0.1, 0.15) is 11.3 Å². The fourth-order valence-corrected chi connectivity index (χ4v) is 2.15. The molecule has 0 aliphatic carbocycles. The van der Waals surface area contributed by atoms with Crippen LogP contribution in [0.3, 0.4) is 0 Å². The Morgan fingerprint density at radius 3 is 2.74 bits per heavy atom. The Labute approximate surface area is 123 Å². The van der Waals surface area contributed by atoms with Gasteiger partial charge < -0.3 is 9.26 Å². The lowest BCUT2D eigenvalue weighted by atomic mass is 10.0. The predicted molar refractivity (Wildman–Crippen MR) is 79.8 cm³/mol. The van der Waals surface area contributed by atoms with Gasteiger partial charge in [0, 0.05) is 10.0 Å². The summed E-state index contributed by atoms with van der Waals surface area (Å²) in [5.41, 5.74) is 1.41. The molecule has 0 aromatic heterocycles. The number of rotatable bonds is 6. The molecule has 0 saturated carbocycles. The predicted octanol–water partition coefficient (Wildman–Crippen LogP) is 3.70. The van der Waals surface area contributed by atoms with E-state index >= 15 is 0 Å². The van der Waals surface area contributed by atoms with Crippen LogP contribution in [0, 0.1) is 6.92 Å². The van der Waals surface area contributed by atoms with Crippen molar-refractivity contribution in [3.05, 3.63) is 27.2 Å². The maximum atomic E-state index is 11.8. The second kappa shape index (κ2) is 7.61. The van der Waals surface area contributed by atoms with Crippen molar-refractivity contribution in [3.8, 4) is 5.75 Å². The Hall–Kier alpha value is -0.930. The summed E-state index contributed by atoms with van der Waals surface area (Å²) in [5.74, 6) is -0.129. The van der Waals surface area contributed by atoms with Crippen LogP contribution in [0.15, 0.2) is 10.5 Å². The summed E-state index contributed by atoms with van der Waals surface area (Å²) < 4.78 is 10.8. The van der Waals surface area contributed by atoms with E-state index in [1.807, 2.05) is 16.4 Å². The number of halogens is 1. The van der Waals surface area contributed by atoms with Crippen molar-refractivity contribution in [1.29, 1.82) is 0 Å². The molecule has 0 N–H and O–H groups in total. The molecule has 0 bridgehead atoms. The summed E-state index contributed by atoms with van der Waals surface area (Å²) >= 11 is 3.30. The van der Waals surface area contributed by atoms with Crippen LogP contribution in [0.2, 0.25) is 0 Å². The summed E-state index contributed by atoms with van der Waals surface area (Å²) in [4.78, 5) is 22.8. The van der Waals surface area contributed by atoms with Crippen molar-refractivity contribution in [1.82, 2.24) is 0 Å². The van der Waals surface area contributed by atoms with Crippen LogP contribution in [0.1, 0.15) is 46.0 Å². The van der Waals surface area contributed by atoms with Gasteiger partial charge in [-0.05, 0) is 40.9 Å². The number of hydrogen-bond donors (Lipinski definition) is 0. The van der Waals surface area contributed by atoms with Gasteiger partial charge in [-0.3, -0.25) is 4.79 Å². The lowest BCUT2D eigenvalue weighted by Crippen LogP contribution is -2.09. The van der Waals surface area contributed by atoms with Gasteiger partial charge in [-0.1, -0.05) is 13.3 Å². The maximum absolute atomic E-state index is 11.8. The molecule has 0 aliphatic heterocycles. The highest BCUT2D eigenvalue weighted by Crippen LogP contribution is 2.32. The molecule has 19 heavy (non-hydrogen) atoms. The van der Waals surface area contributed by atoms with Gasteiger partial charge in [0.05, 0.1) is 16.1 Å². The summed E-state index contributed by atoms with van der Waals surface area (Å²) in [6.07, 6.45) is 2.58. The van der Waals surface area contributed by atoms with E-state index in [1.54, 1.807) is 13.0 Å². The summed E-state index contributed by atoms with van der Waals surface area (Å²) in [6.45, 7) is 4.28. The van der Waals surface area contributed by atoms with Crippen molar-refractivity contribution >= 4 is 37.7 Å². The molecule has 1 atom stereocenters. The molecule has 0 radical (unpaired) electrons. The Morgan fingerprint density at radius 2 is 2.21 bits per heavy atom. The second-order valence-corrected chi connectivity index (χ2v) is 5.03. The Morgan fingerprint density at radius 1 is 1.53 bits per heavy atom. The molecule has 1 rings (SSSR count). The van der Waals surface area contributed by atoms with Gasteiger partial charge in [-0.15, -0.1) is 0 Å². The van der Waals surface area contributed by atoms with Crippen molar-refractivity contribution < 1.29 is 18.8 Å². The zero-order valence-corrected chi connectivity index (χ0v) is 13.6. The molecule has 0 spiro atoms. The molecule has 1 aromatic rings. The van der Waals surface area contributed by atoms with Gasteiger partial charge in [-0.25, -0.2) is 4.79 Å². The van der Waals surface area contributed by atoms with Gasteiger partial charge >= 0.3 is 5.97 Å². The monoisotopic (exact) mass is 346 g/mol. The van der Waals surface area contributed by atoms with E-state index in [0.29, 0.717) is 33.5 Å². The smallest absolute Gasteiger partial charge is 0.344 e. The first-order valence-electron chi connectivity index (χ1n) is 5.88. The maximum Gasteiger partial charge on any atom is 0.344 e. The first-order valence-corrected chi connectivity index (χ1v) is 7.15. The standard InChI is InChI=1S/C13H16BrO4P/c1-3-4-5-17-10-6-9(7-15)12(14)8(2)11(10)13(16)18-19/h6-7H,3-5,19H2,1-2H3. The van der Waals surface area contributed by atoms with Gasteiger partial charge in [0.15, 0.2) is 6.29 Å². The molecule has 0 aliphatic rings. The van der Waals surface area contributed by atoms with Crippen LogP contribution in [0.5, 0.6) is 5.75 Å². The molecule has 0 saturated heterocycles. The molecule has 0 heterocycles. The number of carbonyl (C=O) groups is 2. The molecule has 4 nitrogen and oxygen atoms in total. The van der Waals surface area contributed by atoms with Crippen LogP contribution in [-0.4, -0.2) is 18.9 Å². The normalized spacial score (nSPS) is 10.1. The average molecular weight is 347 g/mol. The van der Waals surface area contributed by atoms with Crippen molar-refractivity contribution in [3.63, 3.8) is 0 Å². The Kier molecular flexibility index (Phi) is 6.46. The quantitative estimate of drug-likeness (QED) is 0.447. The third-order valence-corrected chi connectivity index (χ3v) is 3.95. The van der Waals surface area contributed by atoms with E-state index in [4.69, 9.17) is 4.74 Å². The minimum absolute atomic E-state index is 0.337. The van der Waals surface area contributed by atoms with E-state index in [2.05, 4.69) is 20.5 Å². The van der Waals surface area contributed by atoms with E-state index in [-0.39, 0.29) is 0 Å². The summed E-state index contributed by atoms with van der Waals surface area (Å²) in [5, 5.41) is 0. The number of aldehydes is 1. The van der Waals surface area contributed by atoms with Crippen LogP contribution in [0.25, 0.3) is 0 Å². The number of benzene rings is 1. The molecule has 1 unspecified atom stereocenters. The molecule has 1 aromatic carbocycles. The first kappa shape index (κ1) is 16.1. The van der Waals surface area contributed by atoms with Crippen LogP contribution in [0.4, 0.5) is 0 Å². The fourth-order valence-electron chi connectivity index (χ4n) is 1.63. The minimum atomic E-state index is -0.507. The van der Waals surface area contributed by atoms with E-state index in [1.165, 1.54) is 0 Å². The molecule has 0 fully saturated rings. The molecule has 104 valence electrons. The van der Waals surface area contributed by atoms with Crippen LogP contribution in [-0.2, 0) is 4.52 Å². The van der Waals surface area contributed by atoms with Crippen LogP contribution < -0.4 is 4.74 Å². The summed E-state index contributed by atoms with van der Waals surface area (Å²) in [6, 6.07) is 1.55. The topological polar surface area (TPSA) is 52.6 Å². The average Bonchev–Trinajstić information content (AvgIpc) is 2.42. The van der Waals surface area contributed by atoms with Crippen molar-refractivity contribution in [2.45, 2.75) is 26.7 Å². The number of carbonyl (C=O) groups excluding carboxylic acids is 2. The summed E-state index contributed by atoms with van der Waals surface area (Å²) in [7, 11) is 1.92. The fraction of sp³-hybridized carbons (Fsp3) is 0.385. The highest BCUT2D eigenvalue weighted by molar-refractivity contribution is 9.10. The highest BCUT2D eigenvalue weighted by atomic mass is 79.9. The zero-order chi connectivity index (χ0) is 14.4. The number of unbranched alkanes of at least 4 members (excludes halogenated alkanes) is 1. The van der Waals surface area contributed by atoms with E-state index in [9.17, 15) is 9.59 Å². The largest absolute Gasteiger partial charge is 0.493 e. The molecule has 0 amide bonds. The SMILES string of the molecule is CCCCOc1cc(C=O)c(Br)c(C)c1C(=O)OP. The van der Waals surface area contributed by atoms with E-state index < -0.39 is 5.97 Å². The zero-order valence-electron chi connectivity index (χ0n) is 10.9. The van der Waals surface area contributed by atoms with Crippen molar-refractivity contribution in [2.75, 3.05) is 6.61 Å². The lowest BCUT2D eigenvalue weighted by Gasteiger charge is -2.14. The lowest BCUT2D eigenvalue weighted by molar-refractivity contribution is 0.0759. The van der Waals surface area contributed by atoms with Gasteiger partial charge in [0.2, 0.25) is 0 Å². The molecular weight excluding hydrogens is 331 g/mol. The number of hydrogen-bond acceptors (Lipinski definition) is 4. The minimum Gasteiger partial charge on any atom is -0.493 e. The highest BCUT2D eigenvalue weighted by Gasteiger charge is 2.21. The van der Waals surface area contributed by atoms with Gasteiger partial charge in [0.25, 0.3) is 0 Å². The van der Waals surface area contributed by atoms with Crippen molar-refractivity contribution in [2.24, 2.45) is 0 Å². The Bertz CT molecular complexity index is 488. The second-order valence-electron chi connectivity index (χ2n) is 4.00. The van der Waals surface area contributed by atoms with Gasteiger partial charge in [-0.2, -0.15) is 0 Å². The Balaban J connectivity index is 3.27.